The Hall–Kier alpha value is -0.970. The summed E-state index contributed by atoms with van der Waals surface area (Å²) in [7, 11) is 0. The molecule has 0 bridgehead atoms. The molecule has 0 aliphatic heterocycles. The summed E-state index contributed by atoms with van der Waals surface area (Å²) < 4.78 is 0. The van der Waals surface area contributed by atoms with E-state index in [1.807, 2.05) is 18.2 Å². The Bertz CT molecular complexity index is 301. The minimum Gasteiger partial charge on any atom is -0.380 e. The number of terminal acetylenes is 1. The van der Waals surface area contributed by atoms with E-state index < -0.39 is 6.10 Å². The lowest BCUT2D eigenvalue weighted by atomic mass is 10.1. The third kappa shape index (κ3) is 2.27. The van der Waals surface area contributed by atoms with Crippen molar-refractivity contribution in [2.75, 3.05) is 0 Å². The van der Waals surface area contributed by atoms with Crippen molar-refractivity contribution in [3.8, 4) is 12.3 Å². The standard InChI is InChI=1S/C10H9ClO/c1-2-9(12)7-8-5-3-4-6-10(8)11/h1,3-6,9,12H,7H2. The first-order valence-electron chi connectivity index (χ1n) is 3.61. The molecule has 0 radical (unpaired) electrons. The van der Waals surface area contributed by atoms with Crippen LogP contribution in [0.5, 0.6) is 0 Å². The van der Waals surface area contributed by atoms with Crippen LogP contribution in [0.3, 0.4) is 0 Å². The summed E-state index contributed by atoms with van der Waals surface area (Å²) in [4.78, 5) is 0. The van der Waals surface area contributed by atoms with Crippen molar-refractivity contribution in [2.24, 2.45) is 0 Å². The number of hydrogen-bond donors (Lipinski definition) is 1. The van der Waals surface area contributed by atoms with Crippen LogP contribution in [0.25, 0.3) is 0 Å². The van der Waals surface area contributed by atoms with Gasteiger partial charge in [0.25, 0.3) is 0 Å². The number of rotatable bonds is 2. The predicted octanol–water partition coefficient (Wildman–Crippen LogP) is 1.88. The Morgan fingerprint density at radius 1 is 1.50 bits per heavy atom. The van der Waals surface area contributed by atoms with Crippen LogP contribution in [0, 0.1) is 12.3 Å². The van der Waals surface area contributed by atoms with Crippen molar-refractivity contribution in [1.29, 1.82) is 0 Å². The summed E-state index contributed by atoms with van der Waals surface area (Å²) in [6.45, 7) is 0. The summed E-state index contributed by atoms with van der Waals surface area (Å²) in [5, 5.41) is 9.79. The van der Waals surface area contributed by atoms with Crippen LogP contribution >= 0.6 is 11.6 Å². The number of benzene rings is 1. The molecule has 0 spiro atoms. The van der Waals surface area contributed by atoms with Gasteiger partial charge in [0.15, 0.2) is 0 Å². The van der Waals surface area contributed by atoms with Gasteiger partial charge in [0.1, 0.15) is 6.10 Å². The van der Waals surface area contributed by atoms with E-state index in [1.165, 1.54) is 0 Å². The zero-order chi connectivity index (χ0) is 8.97. The summed E-state index contributed by atoms with van der Waals surface area (Å²) in [5.41, 5.74) is 0.879. The first-order valence-corrected chi connectivity index (χ1v) is 3.99. The monoisotopic (exact) mass is 180 g/mol. The van der Waals surface area contributed by atoms with Crippen LogP contribution in [0.2, 0.25) is 5.02 Å². The highest BCUT2D eigenvalue weighted by atomic mass is 35.5. The van der Waals surface area contributed by atoms with Gasteiger partial charge in [-0.2, -0.15) is 0 Å². The molecule has 0 aliphatic rings. The van der Waals surface area contributed by atoms with Gasteiger partial charge in [-0.15, -0.1) is 6.42 Å². The van der Waals surface area contributed by atoms with Crippen LogP contribution < -0.4 is 0 Å². The van der Waals surface area contributed by atoms with E-state index in [0.29, 0.717) is 11.4 Å². The molecule has 1 aromatic rings. The molecule has 1 atom stereocenters. The van der Waals surface area contributed by atoms with Gasteiger partial charge in [0.2, 0.25) is 0 Å². The molecular formula is C10H9ClO. The van der Waals surface area contributed by atoms with Crippen molar-refractivity contribution in [1.82, 2.24) is 0 Å². The molecule has 0 fully saturated rings. The molecule has 0 heterocycles. The zero-order valence-corrected chi connectivity index (χ0v) is 7.25. The first kappa shape index (κ1) is 9.12. The largest absolute Gasteiger partial charge is 0.380 e. The van der Waals surface area contributed by atoms with Crippen molar-refractivity contribution < 1.29 is 5.11 Å². The van der Waals surface area contributed by atoms with E-state index in [9.17, 15) is 0 Å². The number of hydrogen-bond acceptors (Lipinski definition) is 1. The molecule has 2 heteroatoms. The molecular weight excluding hydrogens is 172 g/mol. The second kappa shape index (κ2) is 4.15. The molecule has 0 aromatic heterocycles. The quantitative estimate of drug-likeness (QED) is 0.690. The summed E-state index contributed by atoms with van der Waals surface area (Å²) in [5.74, 6) is 2.24. The SMILES string of the molecule is C#CC(O)Cc1ccccc1Cl. The number of halogens is 1. The van der Waals surface area contributed by atoms with Gasteiger partial charge in [-0.3, -0.25) is 0 Å². The molecule has 1 rings (SSSR count). The molecule has 62 valence electrons. The smallest absolute Gasteiger partial charge is 0.118 e. The molecule has 1 aromatic carbocycles. The van der Waals surface area contributed by atoms with E-state index in [1.54, 1.807) is 6.07 Å². The molecule has 1 nitrogen and oxygen atoms in total. The van der Waals surface area contributed by atoms with Gasteiger partial charge in [-0.25, -0.2) is 0 Å². The topological polar surface area (TPSA) is 20.2 Å². The molecule has 1 unspecified atom stereocenters. The average molecular weight is 181 g/mol. The Morgan fingerprint density at radius 2 is 2.17 bits per heavy atom. The highest BCUT2D eigenvalue weighted by Gasteiger charge is 2.03. The maximum Gasteiger partial charge on any atom is 0.118 e. The summed E-state index contributed by atoms with van der Waals surface area (Å²) in [6.07, 6.45) is 4.69. The van der Waals surface area contributed by atoms with Crippen LogP contribution in [0.1, 0.15) is 5.56 Å². The van der Waals surface area contributed by atoms with Crippen LogP contribution in [-0.2, 0) is 6.42 Å². The van der Waals surface area contributed by atoms with Crippen LogP contribution in [0.15, 0.2) is 24.3 Å². The maximum absolute atomic E-state index is 9.14. The van der Waals surface area contributed by atoms with Gasteiger partial charge in [-0.05, 0) is 11.6 Å². The Labute approximate surface area is 77.0 Å². The third-order valence-corrected chi connectivity index (χ3v) is 1.93. The minimum absolute atomic E-state index is 0.413. The lowest BCUT2D eigenvalue weighted by Gasteiger charge is -2.04. The Kier molecular flexibility index (Phi) is 3.16. The van der Waals surface area contributed by atoms with Gasteiger partial charge in [0, 0.05) is 11.4 Å². The molecule has 0 saturated carbocycles. The molecule has 12 heavy (non-hydrogen) atoms. The van der Waals surface area contributed by atoms with Gasteiger partial charge in [0.05, 0.1) is 0 Å². The van der Waals surface area contributed by atoms with E-state index >= 15 is 0 Å². The average Bonchev–Trinajstić information content (AvgIpc) is 2.09. The molecule has 0 saturated heterocycles. The number of aliphatic hydroxyl groups excluding tert-OH is 1. The van der Waals surface area contributed by atoms with Crippen molar-refractivity contribution in [2.45, 2.75) is 12.5 Å². The fraction of sp³-hybridized carbons (Fsp3) is 0.200. The number of aliphatic hydroxyl groups is 1. The fourth-order valence-corrected chi connectivity index (χ4v) is 1.14. The summed E-state index contributed by atoms with van der Waals surface area (Å²) >= 11 is 5.85. The van der Waals surface area contributed by atoms with Crippen molar-refractivity contribution in [3.05, 3.63) is 34.9 Å². The summed E-state index contributed by atoms with van der Waals surface area (Å²) in [6, 6.07) is 7.33. The fourth-order valence-electron chi connectivity index (χ4n) is 0.931. The second-order valence-electron chi connectivity index (χ2n) is 2.48. The van der Waals surface area contributed by atoms with Gasteiger partial charge < -0.3 is 5.11 Å². The maximum atomic E-state index is 9.14. The Balaban J connectivity index is 2.77. The van der Waals surface area contributed by atoms with Gasteiger partial charge in [-0.1, -0.05) is 35.7 Å². The van der Waals surface area contributed by atoms with E-state index in [4.69, 9.17) is 23.1 Å². The second-order valence-corrected chi connectivity index (χ2v) is 2.89. The molecule has 1 N–H and O–H groups in total. The van der Waals surface area contributed by atoms with E-state index in [0.717, 1.165) is 5.56 Å². The van der Waals surface area contributed by atoms with Crippen molar-refractivity contribution >= 4 is 11.6 Å². The normalized spacial score (nSPS) is 12.1. The van der Waals surface area contributed by atoms with Gasteiger partial charge >= 0.3 is 0 Å². The lowest BCUT2D eigenvalue weighted by molar-refractivity contribution is 0.233. The minimum atomic E-state index is -0.745. The van der Waals surface area contributed by atoms with Crippen LogP contribution in [0.4, 0.5) is 0 Å². The van der Waals surface area contributed by atoms with E-state index in [2.05, 4.69) is 5.92 Å². The predicted molar refractivity (Wildman–Crippen MR) is 50.0 cm³/mol. The van der Waals surface area contributed by atoms with E-state index in [-0.39, 0.29) is 0 Å². The van der Waals surface area contributed by atoms with Crippen LogP contribution in [-0.4, -0.2) is 11.2 Å². The zero-order valence-electron chi connectivity index (χ0n) is 6.50. The first-order chi connectivity index (χ1) is 5.74. The third-order valence-electron chi connectivity index (χ3n) is 1.56. The molecule has 0 amide bonds. The highest BCUT2D eigenvalue weighted by molar-refractivity contribution is 6.31. The lowest BCUT2D eigenvalue weighted by Crippen LogP contribution is -2.06. The Morgan fingerprint density at radius 3 is 2.75 bits per heavy atom. The highest BCUT2D eigenvalue weighted by Crippen LogP contribution is 2.16. The van der Waals surface area contributed by atoms with Crippen molar-refractivity contribution in [3.63, 3.8) is 0 Å². The molecule has 0 aliphatic carbocycles.